The third-order valence-corrected chi connectivity index (χ3v) is 7.00. The van der Waals surface area contributed by atoms with Crippen LogP contribution in [0.2, 0.25) is 0 Å². The monoisotopic (exact) mass is 384 g/mol. The van der Waals surface area contributed by atoms with Crippen molar-refractivity contribution in [3.63, 3.8) is 0 Å². The van der Waals surface area contributed by atoms with Crippen molar-refractivity contribution in [3.05, 3.63) is 35.9 Å². The number of fused-ring (bicyclic) bond motifs is 1. The number of rotatable bonds is 4. The second kappa shape index (κ2) is 7.32. The van der Waals surface area contributed by atoms with Crippen LogP contribution >= 0.6 is 11.8 Å². The minimum absolute atomic E-state index is 0. The summed E-state index contributed by atoms with van der Waals surface area (Å²) in [4.78, 5) is 37.5. The first kappa shape index (κ1) is 19.4. The second-order valence-electron chi connectivity index (χ2n) is 6.60. The van der Waals surface area contributed by atoms with Gasteiger partial charge in [-0.25, -0.2) is 0 Å². The number of hydrogen-bond donors (Lipinski definition) is 1. The number of carboxylic acid groups (broad SMARTS) is 1. The zero-order valence-corrected chi connectivity index (χ0v) is 17.9. The van der Waals surface area contributed by atoms with Gasteiger partial charge < -0.3 is 20.1 Å². The van der Waals surface area contributed by atoms with Crippen LogP contribution in [0.3, 0.4) is 0 Å². The summed E-state index contributed by atoms with van der Waals surface area (Å²) < 4.78 is -0.419. The number of carbonyl (C=O) groups excluding carboxylic acids is 3. The van der Waals surface area contributed by atoms with E-state index < -0.39 is 22.8 Å². The van der Waals surface area contributed by atoms with Gasteiger partial charge in [-0.3, -0.25) is 9.59 Å². The van der Waals surface area contributed by atoms with Gasteiger partial charge in [0.1, 0.15) is 11.4 Å². The molecule has 6 nitrogen and oxygen atoms in total. The Morgan fingerprint density at radius 3 is 2.52 bits per heavy atom. The molecule has 1 aromatic rings. The van der Waals surface area contributed by atoms with Gasteiger partial charge in [0.2, 0.25) is 11.8 Å². The Kier molecular flexibility index (Phi) is 5.68. The number of β-lactam (4-membered cyclic amide) rings is 1. The van der Waals surface area contributed by atoms with Gasteiger partial charge in [-0.1, -0.05) is 36.8 Å². The van der Waals surface area contributed by atoms with Crippen molar-refractivity contribution in [3.8, 4) is 0 Å². The van der Waals surface area contributed by atoms with Crippen LogP contribution in [-0.4, -0.2) is 44.9 Å². The molecule has 4 rings (SSSR count). The van der Waals surface area contributed by atoms with E-state index in [-0.39, 0.29) is 75.0 Å². The first-order valence-corrected chi connectivity index (χ1v) is 8.94. The quantitative estimate of drug-likeness (QED) is 0.433. The second-order valence-corrected chi connectivity index (χ2v) is 8.13. The summed E-state index contributed by atoms with van der Waals surface area (Å²) in [5.41, 5.74) is 0.876. The molecule has 0 aromatic heterocycles. The van der Waals surface area contributed by atoms with Crippen molar-refractivity contribution < 1.29 is 70.9 Å². The van der Waals surface area contributed by atoms with Crippen molar-refractivity contribution in [2.45, 2.75) is 47.9 Å². The summed E-state index contributed by atoms with van der Waals surface area (Å²) in [5, 5.41) is 14.0. The van der Waals surface area contributed by atoms with Gasteiger partial charge in [0.05, 0.1) is 18.4 Å². The minimum Gasteiger partial charge on any atom is -0.548 e. The average molecular weight is 384 g/mol. The van der Waals surface area contributed by atoms with Crippen molar-refractivity contribution >= 4 is 29.5 Å². The van der Waals surface area contributed by atoms with E-state index in [4.69, 9.17) is 0 Å². The zero-order chi connectivity index (χ0) is 16.9. The van der Waals surface area contributed by atoms with E-state index in [2.05, 4.69) is 5.32 Å². The van der Waals surface area contributed by atoms with Gasteiger partial charge in [-0.05, 0) is 18.4 Å². The van der Waals surface area contributed by atoms with Crippen LogP contribution < -0.4 is 61.8 Å². The summed E-state index contributed by atoms with van der Waals surface area (Å²) in [5.74, 6) is -1.72. The van der Waals surface area contributed by atoms with E-state index in [0.717, 1.165) is 24.8 Å². The number of amides is 2. The minimum atomic E-state index is -1.19. The molecule has 2 saturated heterocycles. The van der Waals surface area contributed by atoms with E-state index in [1.54, 1.807) is 0 Å². The molecule has 2 aliphatic heterocycles. The first-order valence-electron chi connectivity index (χ1n) is 8.06. The summed E-state index contributed by atoms with van der Waals surface area (Å²) in [6.45, 7) is 0. The van der Waals surface area contributed by atoms with Crippen LogP contribution in [0.25, 0.3) is 0 Å². The molecule has 2 unspecified atom stereocenters. The zero-order valence-electron chi connectivity index (χ0n) is 13.9. The molecular weight excluding hydrogens is 367 g/mol. The van der Waals surface area contributed by atoms with Crippen LogP contribution in [-0.2, 0) is 20.8 Å². The predicted octanol–water partition coefficient (Wildman–Crippen LogP) is -3.33. The van der Waals surface area contributed by atoms with Gasteiger partial charge in [-0.2, -0.15) is 0 Å². The van der Waals surface area contributed by atoms with Gasteiger partial charge in [0, 0.05) is 4.75 Å². The molecule has 1 spiro atoms. The maximum atomic E-state index is 12.4. The molecule has 3 atom stereocenters. The standard InChI is InChI=1S/C17H18N2O4S.K/c20-11(9-10-5-2-1-3-6-10)18-12-14(21)19-13(16(22)23)17(7-4-8-17)24-15(12)19;/h1-3,5-6,12-13,15H,4,7-9H2,(H,18,20)(H,22,23);/q;+1/p-1/t12?,13?,15-;/m0./s1. The van der Waals surface area contributed by atoms with Gasteiger partial charge in [-0.15, -0.1) is 11.8 Å². The smallest absolute Gasteiger partial charge is 0.548 e. The number of nitrogens with one attached hydrogen (secondary N) is 1. The van der Waals surface area contributed by atoms with Crippen molar-refractivity contribution in [1.82, 2.24) is 10.2 Å². The van der Waals surface area contributed by atoms with Crippen LogP contribution in [0.5, 0.6) is 0 Å². The number of carbonyl (C=O) groups is 3. The first-order chi connectivity index (χ1) is 11.5. The number of benzene rings is 1. The van der Waals surface area contributed by atoms with Gasteiger partial charge in [0.25, 0.3) is 0 Å². The van der Waals surface area contributed by atoms with Gasteiger partial charge in [0.15, 0.2) is 0 Å². The van der Waals surface area contributed by atoms with E-state index in [9.17, 15) is 19.5 Å². The molecule has 1 N–H and O–H groups in total. The summed E-state index contributed by atoms with van der Waals surface area (Å²) >= 11 is 1.52. The molecular formula is C17H17KN2O4S. The fourth-order valence-corrected chi connectivity index (χ4v) is 5.83. The summed E-state index contributed by atoms with van der Waals surface area (Å²) in [6, 6.07) is 7.81. The van der Waals surface area contributed by atoms with Gasteiger partial charge >= 0.3 is 51.4 Å². The van der Waals surface area contributed by atoms with Crippen molar-refractivity contribution in [2.24, 2.45) is 0 Å². The Hall–Kier alpha value is -0.384. The van der Waals surface area contributed by atoms with Crippen LogP contribution in [0.15, 0.2) is 30.3 Å². The van der Waals surface area contributed by atoms with E-state index >= 15 is 0 Å². The molecule has 0 radical (unpaired) electrons. The average Bonchev–Trinajstić information content (AvgIpc) is 2.86. The third-order valence-electron chi connectivity index (χ3n) is 5.16. The van der Waals surface area contributed by atoms with Crippen LogP contribution in [0, 0.1) is 0 Å². The van der Waals surface area contributed by atoms with Crippen molar-refractivity contribution in [1.29, 1.82) is 0 Å². The van der Waals surface area contributed by atoms with Crippen molar-refractivity contribution in [2.75, 3.05) is 0 Å². The molecule has 8 heteroatoms. The Labute approximate surface area is 192 Å². The Morgan fingerprint density at radius 2 is 1.96 bits per heavy atom. The van der Waals surface area contributed by atoms with E-state index in [1.807, 2.05) is 30.3 Å². The molecule has 1 aliphatic carbocycles. The number of aliphatic carboxylic acids is 1. The summed E-state index contributed by atoms with van der Waals surface area (Å²) in [7, 11) is 0. The number of carboxylic acids is 1. The Morgan fingerprint density at radius 1 is 1.28 bits per heavy atom. The fraction of sp³-hybridized carbons (Fsp3) is 0.471. The SMILES string of the molecule is O=C(Cc1ccccc1)NC1C(=O)N2C(C(=O)[O-])C3(CCC3)S[C@@H]12.[K+]. The molecule has 1 saturated carbocycles. The number of nitrogens with zero attached hydrogens (tertiary/aromatic N) is 1. The maximum absolute atomic E-state index is 12.4. The largest absolute Gasteiger partial charge is 1.00 e. The maximum Gasteiger partial charge on any atom is 1.00 e. The normalized spacial score (nSPS) is 28.4. The Bertz CT molecular complexity index is 710. The molecule has 3 aliphatic rings. The molecule has 25 heavy (non-hydrogen) atoms. The molecule has 2 amide bonds. The van der Waals surface area contributed by atoms with Crippen LogP contribution in [0.4, 0.5) is 0 Å². The summed E-state index contributed by atoms with van der Waals surface area (Å²) in [6.07, 6.45) is 2.73. The molecule has 1 aromatic carbocycles. The topological polar surface area (TPSA) is 89.5 Å². The fourth-order valence-electron chi connectivity index (χ4n) is 3.83. The molecule has 0 bridgehead atoms. The number of hydrogen-bond acceptors (Lipinski definition) is 5. The predicted molar refractivity (Wildman–Crippen MR) is 85.7 cm³/mol. The molecule has 3 fully saturated rings. The number of thioether (sulfide) groups is 1. The van der Waals surface area contributed by atoms with E-state index in [0.29, 0.717) is 0 Å². The molecule has 126 valence electrons. The van der Waals surface area contributed by atoms with E-state index in [1.165, 1.54) is 16.7 Å². The third kappa shape index (κ3) is 3.21. The Balaban J connectivity index is 0.00000182. The molecule has 2 heterocycles. The van der Waals surface area contributed by atoms with Crippen LogP contribution in [0.1, 0.15) is 24.8 Å².